The van der Waals surface area contributed by atoms with E-state index in [0.29, 0.717) is 0 Å². The van der Waals surface area contributed by atoms with Gasteiger partial charge in [0.1, 0.15) is 0 Å². The Labute approximate surface area is 55.7 Å². The fourth-order valence-corrected chi connectivity index (χ4v) is 0. The molecular weight excluding hydrogens is 99.0 g/mol. The van der Waals surface area contributed by atoms with Gasteiger partial charge in [0.05, 0.1) is 0 Å². The van der Waals surface area contributed by atoms with Crippen LogP contribution in [0.15, 0.2) is 5.28 Å². The third-order valence-electron chi connectivity index (χ3n) is 0.0730. The summed E-state index contributed by atoms with van der Waals surface area (Å²) in [5, 5.41) is 25.0. The molecule has 0 fully saturated rings. The van der Waals surface area contributed by atoms with Crippen molar-refractivity contribution in [3.63, 3.8) is 0 Å². The van der Waals surface area contributed by atoms with E-state index in [1.54, 1.807) is 5.28 Å². The zero-order chi connectivity index (χ0) is 4.28. The van der Waals surface area contributed by atoms with Crippen LogP contribution in [0.25, 0.3) is 0 Å². The molecule has 6 heavy (non-hydrogen) atoms. The predicted octanol–water partition coefficient (Wildman–Crippen LogP) is -3.16. The van der Waals surface area contributed by atoms with Crippen molar-refractivity contribution in [1.29, 1.82) is 0 Å². The Bertz CT molecular complexity index is 46.8. The van der Waals surface area contributed by atoms with Gasteiger partial charge in [0.2, 0.25) is 5.28 Å². The van der Waals surface area contributed by atoms with Gasteiger partial charge in [-0.25, -0.2) is 0 Å². The third-order valence-corrected chi connectivity index (χ3v) is 0.0730. The molecule has 0 saturated carbocycles. The standard InChI is InChI=1S/HN2O3.Na/c3-1-2(4)5;/h(H-,1,3,4,5);/q-1;+1. The van der Waals surface area contributed by atoms with Gasteiger partial charge in [-0.2, -0.15) is 0 Å². The molecule has 0 unspecified atom stereocenters. The number of rotatable bonds is 0. The minimum absolute atomic E-state index is 0. The molecule has 0 radical (unpaired) electrons. The Kier molecular flexibility index (Phi) is 7.81. The minimum Gasteiger partial charge on any atom is -0.585 e. The molecule has 0 aliphatic rings. The minimum atomic E-state index is -1.19. The van der Waals surface area contributed by atoms with Crippen LogP contribution in [0, 0.1) is 10.4 Å². The van der Waals surface area contributed by atoms with Crippen molar-refractivity contribution in [2.75, 3.05) is 0 Å². The molecule has 0 atom stereocenters. The Balaban J connectivity index is 0. The van der Waals surface area contributed by atoms with E-state index in [2.05, 4.69) is 0 Å². The summed E-state index contributed by atoms with van der Waals surface area (Å²) in [7, 11) is 0. The smallest absolute Gasteiger partial charge is 0.585 e. The molecule has 0 aromatic rings. The van der Waals surface area contributed by atoms with Crippen molar-refractivity contribution in [3.8, 4) is 0 Å². The number of nitrogens with zero attached hydrogens (tertiary/aromatic N) is 2. The molecule has 0 bridgehead atoms. The molecule has 0 aliphatic heterocycles. The van der Waals surface area contributed by atoms with E-state index in [4.69, 9.17) is 15.6 Å². The Morgan fingerprint density at radius 2 is 1.67 bits per heavy atom. The van der Waals surface area contributed by atoms with Gasteiger partial charge in [-0.3, -0.25) is 0 Å². The van der Waals surface area contributed by atoms with Gasteiger partial charge in [-0.05, 0) is 5.02 Å². The normalized spacial score (nSPS) is 5.33. The van der Waals surface area contributed by atoms with Crippen molar-refractivity contribution < 1.29 is 39.8 Å². The summed E-state index contributed by atoms with van der Waals surface area (Å²) in [5.41, 5.74) is 0. The van der Waals surface area contributed by atoms with Crippen LogP contribution in [0.2, 0.25) is 0 Å². The molecule has 5 nitrogen and oxygen atoms in total. The molecule has 0 rings (SSSR count). The second kappa shape index (κ2) is 5.00. The van der Waals surface area contributed by atoms with Gasteiger partial charge in [-0.15, -0.1) is 0 Å². The van der Waals surface area contributed by atoms with Gasteiger partial charge >= 0.3 is 29.6 Å². The van der Waals surface area contributed by atoms with Crippen molar-refractivity contribution in [2.45, 2.75) is 0 Å². The topological polar surface area (TPSA) is 81.7 Å². The number of hydrogen-bond donors (Lipinski definition) is 1. The quantitative estimate of drug-likeness (QED) is 0.198. The van der Waals surface area contributed by atoms with E-state index >= 15 is 0 Å². The molecule has 0 spiro atoms. The Morgan fingerprint density at radius 1 is 1.50 bits per heavy atom. The van der Waals surface area contributed by atoms with Crippen LogP contribution in [-0.2, 0) is 0 Å². The third kappa shape index (κ3) is 9.00. The van der Waals surface area contributed by atoms with Crippen LogP contribution in [0.1, 0.15) is 0 Å². The molecule has 0 aromatic heterocycles. The van der Waals surface area contributed by atoms with Crippen molar-refractivity contribution >= 4 is 0 Å². The van der Waals surface area contributed by atoms with Crippen molar-refractivity contribution in [1.82, 2.24) is 0 Å². The molecule has 0 saturated heterocycles. The van der Waals surface area contributed by atoms with Crippen molar-refractivity contribution in [2.24, 2.45) is 5.28 Å². The van der Waals surface area contributed by atoms with Gasteiger partial charge in [-0.1, -0.05) is 0 Å². The second-order valence-corrected chi connectivity index (χ2v) is 0.327. The first-order valence-electron chi connectivity index (χ1n) is 0.765. The first kappa shape index (κ1) is 9.38. The van der Waals surface area contributed by atoms with Crippen LogP contribution in [0.3, 0.4) is 0 Å². The zero-order valence-electron chi connectivity index (χ0n) is 3.16. The van der Waals surface area contributed by atoms with Crippen LogP contribution in [0.4, 0.5) is 0 Å². The second-order valence-electron chi connectivity index (χ2n) is 0.327. The maximum Gasteiger partial charge on any atom is 1.00 e. The van der Waals surface area contributed by atoms with E-state index in [0.717, 1.165) is 0 Å². The van der Waals surface area contributed by atoms with Gasteiger partial charge < -0.3 is 15.6 Å². The van der Waals surface area contributed by atoms with E-state index < -0.39 is 5.02 Å². The maximum absolute atomic E-state index is 8.76. The van der Waals surface area contributed by atoms with Crippen LogP contribution in [0.5, 0.6) is 0 Å². The van der Waals surface area contributed by atoms with E-state index in [9.17, 15) is 0 Å². The maximum atomic E-state index is 8.76. The molecule has 1 N–H and O–H groups in total. The van der Waals surface area contributed by atoms with Gasteiger partial charge in [0.25, 0.3) is 0 Å². The van der Waals surface area contributed by atoms with Gasteiger partial charge in [0.15, 0.2) is 0 Å². The fourth-order valence-electron chi connectivity index (χ4n) is 0. The van der Waals surface area contributed by atoms with Crippen LogP contribution < -0.4 is 29.6 Å². The predicted molar refractivity (Wildman–Crippen MR) is 11.2 cm³/mol. The van der Waals surface area contributed by atoms with Crippen LogP contribution in [-0.4, -0.2) is 10.2 Å². The molecule has 30 valence electrons. The summed E-state index contributed by atoms with van der Waals surface area (Å²) >= 11 is 0. The summed E-state index contributed by atoms with van der Waals surface area (Å²) in [5.74, 6) is 0. The Morgan fingerprint density at radius 3 is 1.67 bits per heavy atom. The largest absolute Gasteiger partial charge is 1.00 e. The molecule has 6 heteroatoms. The average molecular weight is 100 g/mol. The molecule has 0 aliphatic carbocycles. The Hall–Kier alpha value is 0.0000000000000000555. The molecule has 0 aromatic carbocycles. The van der Waals surface area contributed by atoms with Crippen LogP contribution >= 0.6 is 0 Å². The van der Waals surface area contributed by atoms with E-state index in [1.807, 2.05) is 0 Å². The van der Waals surface area contributed by atoms with E-state index in [-0.39, 0.29) is 29.6 Å². The summed E-state index contributed by atoms with van der Waals surface area (Å²) in [6, 6.07) is 0. The average Bonchev–Trinajstić information content (AvgIpc) is 1.38. The molecule has 0 heterocycles. The summed E-state index contributed by atoms with van der Waals surface area (Å²) in [4.78, 5) is 0. The monoisotopic (exact) mass is 100.0 g/mol. The van der Waals surface area contributed by atoms with Crippen molar-refractivity contribution in [3.05, 3.63) is 10.4 Å². The SMILES string of the molecule is [Na+].[O-][N+]([O-])=NO. The molecule has 0 amide bonds. The van der Waals surface area contributed by atoms with Gasteiger partial charge in [0, 0.05) is 0 Å². The summed E-state index contributed by atoms with van der Waals surface area (Å²) in [6.07, 6.45) is 0. The first-order valence-corrected chi connectivity index (χ1v) is 0.765. The summed E-state index contributed by atoms with van der Waals surface area (Å²) in [6.45, 7) is 0. The zero-order valence-corrected chi connectivity index (χ0v) is 5.16. The summed E-state index contributed by atoms with van der Waals surface area (Å²) < 4.78 is 0. The molecular formula is HN2NaO3. The first-order chi connectivity index (χ1) is 2.27. The van der Waals surface area contributed by atoms with E-state index in [1.165, 1.54) is 0 Å². The number of hydrogen-bond acceptors (Lipinski definition) is 3. The fraction of sp³-hybridized carbons (Fsp3) is 0.